The van der Waals surface area contributed by atoms with Crippen LogP contribution in [0.15, 0.2) is 17.3 Å². The molecule has 0 spiro atoms. The normalized spacial score (nSPS) is 11.6. The topological polar surface area (TPSA) is 15.6 Å². The Labute approximate surface area is 88.7 Å². The van der Waals surface area contributed by atoms with E-state index in [1.54, 1.807) is 5.01 Å². The summed E-state index contributed by atoms with van der Waals surface area (Å²) in [6.45, 7) is 2.25. The molecule has 0 radical (unpaired) electrons. The smallest absolute Gasteiger partial charge is 0.0467 e. The molecular weight excluding hydrogens is 172 g/mol. The Bertz CT molecular complexity index is 160. The van der Waals surface area contributed by atoms with Crippen molar-refractivity contribution in [1.29, 1.82) is 0 Å². The third-order valence-corrected chi connectivity index (χ3v) is 1.99. The van der Waals surface area contributed by atoms with E-state index in [9.17, 15) is 0 Å². The third-order valence-electron chi connectivity index (χ3n) is 1.99. The molecule has 0 amide bonds. The summed E-state index contributed by atoms with van der Waals surface area (Å²) in [4.78, 5) is 0. The number of allylic oxidation sites excluding steroid dienone is 2. The molecule has 0 aromatic rings. The van der Waals surface area contributed by atoms with Gasteiger partial charge in [-0.1, -0.05) is 38.7 Å². The first-order chi connectivity index (χ1) is 6.77. The predicted molar refractivity (Wildman–Crippen MR) is 64.7 cm³/mol. The maximum absolute atomic E-state index is 4.09. The van der Waals surface area contributed by atoms with E-state index >= 15 is 0 Å². The summed E-state index contributed by atoms with van der Waals surface area (Å²) in [7, 11) is 3.85. The number of rotatable bonds is 8. The van der Waals surface area contributed by atoms with Crippen molar-refractivity contribution in [3.05, 3.63) is 12.2 Å². The molecule has 0 fully saturated rings. The number of nitrogens with zero attached hydrogens (tertiary/aromatic N) is 2. The molecule has 2 heteroatoms. The molecule has 14 heavy (non-hydrogen) atoms. The highest BCUT2D eigenvalue weighted by Crippen LogP contribution is 2.04. The highest BCUT2D eigenvalue weighted by atomic mass is 15.4. The van der Waals surface area contributed by atoms with Crippen LogP contribution in [0.2, 0.25) is 0 Å². The molecule has 2 nitrogen and oxygen atoms in total. The summed E-state index contributed by atoms with van der Waals surface area (Å²) in [5, 5.41) is 5.89. The van der Waals surface area contributed by atoms with Crippen molar-refractivity contribution in [1.82, 2.24) is 5.01 Å². The van der Waals surface area contributed by atoms with Gasteiger partial charge < -0.3 is 5.01 Å². The highest BCUT2D eigenvalue weighted by Gasteiger charge is 1.85. The Hall–Kier alpha value is -0.790. The highest BCUT2D eigenvalue weighted by molar-refractivity contribution is 5.70. The monoisotopic (exact) mass is 196 g/mol. The third kappa shape index (κ3) is 11.2. The molecule has 0 saturated heterocycles. The quantitative estimate of drug-likeness (QED) is 0.330. The molecule has 0 rings (SSSR count). The van der Waals surface area contributed by atoms with Crippen molar-refractivity contribution in [2.75, 3.05) is 14.1 Å². The van der Waals surface area contributed by atoms with E-state index in [0.717, 1.165) is 0 Å². The van der Waals surface area contributed by atoms with Crippen LogP contribution in [0.25, 0.3) is 0 Å². The molecule has 0 aliphatic rings. The van der Waals surface area contributed by atoms with Gasteiger partial charge in [-0.2, -0.15) is 5.10 Å². The van der Waals surface area contributed by atoms with E-state index in [2.05, 4.69) is 18.1 Å². The maximum atomic E-state index is 4.09. The van der Waals surface area contributed by atoms with E-state index in [1.165, 1.54) is 38.5 Å². The molecule has 0 unspecified atom stereocenters. The van der Waals surface area contributed by atoms with Gasteiger partial charge in [-0.3, -0.25) is 0 Å². The van der Waals surface area contributed by atoms with Crippen molar-refractivity contribution in [2.45, 2.75) is 45.4 Å². The van der Waals surface area contributed by atoms with Gasteiger partial charge in [0.25, 0.3) is 0 Å². The number of hydrogen-bond acceptors (Lipinski definition) is 2. The zero-order valence-corrected chi connectivity index (χ0v) is 9.87. The first kappa shape index (κ1) is 13.2. The van der Waals surface area contributed by atoms with Gasteiger partial charge in [0.2, 0.25) is 0 Å². The lowest BCUT2D eigenvalue weighted by Crippen LogP contribution is -2.00. The lowest BCUT2D eigenvalue weighted by Gasteiger charge is -1.99. The van der Waals surface area contributed by atoms with Crippen LogP contribution >= 0.6 is 0 Å². The standard InChI is InChI=1S/C12H24N2/c1-4-5-6-7-8-9-10-11-12-13-14(2)3/h10-12H,4-9H2,1-3H3. The molecule has 82 valence electrons. The van der Waals surface area contributed by atoms with Crippen molar-refractivity contribution in [3.8, 4) is 0 Å². The van der Waals surface area contributed by atoms with Gasteiger partial charge in [0.05, 0.1) is 0 Å². The molecule has 0 aromatic heterocycles. The summed E-state index contributed by atoms with van der Waals surface area (Å²) in [5.74, 6) is 0. The van der Waals surface area contributed by atoms with E-state index in [4.69, 9.17) is 0 Å². The van der Waals surface area contributed by atoms with Crippen molar-refractivity contribution in [2.24, 2.45) is 5.10 Å². The first-order valence-corrected chi connectivity index (χ1v) is 5.63. The fourth-order valence-electron chi connectivity index (χ4n) is 1.19. The number of unbranched alkanes of at least 4 members (excludes halogenated alkanes) is 5. The zero-order chi connectivity index (χ0) is 10.6. The van der Waals surface area contributed by atoms with Gasteiger partial charge in [-0.25, -0.2) is 0 Å². The van der Waals surface area contributed by atoms with Crippen LogP contribution < -0.4 is 0 Å². The molecule has 0 atom stereocenters. The van der Waals surface area contributed by atoms with Gasteiger partial charge in [0, 0.05) is 20.3 Å². The lowest BCUT2D eigenvalue weighted by atomic mass is 10.1. The zero-order valence-electron chi connectivity index (χ0n) is 9.87. The second kappa shape index (κ2) is 10.3. The average molecular weight is 196 g/mol. The fourth-order valence-corrected chi connectivity index (χ4v) is 1.19. The minimum atomic E-state index is 1.18. The van der Waals surface area contributed by atoms with Gasteiger partial charge >= 0.3 is 0 Å². The molecule has 0 heterocycles. The Morgan fingerprint density at radius 1 is 1.07 bits per heavy atom. The van der Waals surface area contributed by atoms with Gasteiger partial charge in [0.1, 0.15) is 0 Å². The second-order valence-electron chi connectivity index (χ2n) is 3.74. The van der Waals surface area contributed by atoms with Crippen molar-refractivity contribution >= 4 is 6.21 Å². The predicted octanol–water partition coefficient (Wildman–Crippen LogP) is 3.45. The first-order valence-electron chi connectivity index (χ1n) is 5.63. The van der Waals surface area contributed by atoms with Crippen LogP contribution in [-0.2, 0) is 0 Å². The Morgan fingerprint density at radius 3 is 2.43 bits per heavy atom. The summed E-state index contributed by atoms with van der Waals surface area (Å²) in [6, 6.07) is 0. The van der Waals surface area contributed by atoms with Crippen molar-refractivity contribution < 1.29 is 0 Å². The summed E-state index contributed by atoms with van der Waals surface area (Å²) < 4.78 is 0. The molecule has 0 bridgehead atoms. The van der Waals surface area contributed by atoms with Crippen LogP contribution in [0.4, 0.5) is 0 Å². The van der Waals surface area contributed by atoms with Crippen molar-refractivity contribution in [3.63, 3.8) is 0 Å². The minimum absolute atomic E-state index is 1.18. The fraction of sp³-hybridized carbons (Fsp3) is 0.750. The van der Waals surface area contributed by atoms with E-state index in [0.29, 0.717) is 0 Å². The Morgan fingerprint density at radius 2 is 1.79 bits per heavy atom. The molecular formula is C12H24N2. The molecule has 0 aliphatic carbocycles. The SMILES string of the molecule is CCCCCCCC=CC=NN(C)C. The van der Waals surface area contributed by atoms with Crippen LogP contribution in [0, 0.1) is 0 Å². The second-order valence-corrected chi connectivity index (χ2v) is 3.74. The Balaban J connectivity index is 3.19. The van der Waals surface area contributed by atoms with Crippen LogP contribution in [-0.4, -0.2) is 25.3 Å². The lowest BCUT2D eigenvalue weighted by molar-refractivity contribution is 0.440. The molecule has 0 N–H and O–H groups in total. The summed E-state index contributed by atoms with van der Waals surface area (Å²) >= 11 is 0. The summed E-state index contributed by atoms with van der Waals surface area (Å²) in [6.07, 6.45) is 14.0. The van der Waals surface area contributed by atoms with E-state index in [-0.39, 0.29) is 0 Å². The maximum Gasteiger partial charge on any atom is 0.0467 e. The number of hydrazone groups is 1. The number of hydrogen-bond donors (Lipinski definition) is 0. The molecule has 0 aromatic carbocycles. The van der Waals surface area contributed by atoms with E-state index in [1.807, 2.05) is 26.4 Å². The summed E-state index contributed by atoms with van der Waals surface area (Å²) in [5.41, 5.74) is 0. The molecule has 0 aliphatic heterocycles. The van der Waals surface area contributed by atoms with Crippen LogP contribution in [0.1, 0.15) is 45.4 Å². The van der Waals surface area contributed by atoms with Gasteiger partial charge in [-0.15, -0.1) is 0 Å². The largest absolute Gasteiger partial charge is 0.303 e. The average Bonchev–Trinajstić information content (AvgIpc) is 2.15. The minimum Gasteiger partial charge on any atom is -0.303 e. The van der Waals surface area contributed by atoms with Crippen LogP contribution in [0.3, 0.4) is 0 Å². The molecule has 0 saturated carbocycles. The van der Waals surface area contributed by atoms with Crippen LogP contribution in [0.5, 0.6) is 0 Å². The Kier molecular flexibility index (Phi) is 9.71. The van der Waals surface area contributed by atoms with Gasteiger partial charge in [0.15, 0.2) is 0 Å². The van der Waals surface area contributed by atoms with E-state index < -0.39 is 0 Å². The van der Waals surface area contributed by atoms with Gasteiger partial charge in [-0.05, 0) is 18.9 Å².